The molecule has 0 unspecified atom stereocenters. The van der Waals surface area contributed by atoms with Crippen LogP contribution in [0.25, 0.3) is 0 Å². The third kappa shape index (κ3) is 4.62. The highest BCUT2D eigenvalue weighted by atomic mass is 32.2. The Hall–Kier alpha value is -2.06. The second kappa shape index (κ2) is 8.31. The Morgan fingerprint density at radius 1 is 1.19 bits per heavy atom. The van der Waals surface area contributed by atoms with E-state index in [0.717, 1.165) is 0 Å². The van der Waals surface area contributed by atoms with Crippen LogP contribution in [0.2, 0.25) is 0 Å². The highest BCUT2D eigenvalue weighted by molar-refractivity contribution is 7.91. The van der Waals surface area contributed by atoms with E-state index < -0.39 is 15.1 Å². The highest BCUT2D eigenvalue weighted by Gasteiger charge is 2.31. The number of fused-ring (bicyclic) bond motifs is 1. The maximum Gasteiger partial charge on any atom is 0.220 e. The molecule has 6 nitrogen and oxygen atoms in total. The SMILES string of the molecule is CC(C)CC(=O)NC[C@H](c1cccs1)S(=O)(=O)c1ccc2c(c1)OCCO2. The van der Waals surface area contributed by atoms with Gasteiger partial charge in [0.15, 0.2) is 21.3 Å². The number of amides is 1. The Balaban J connectivity index is 1.87. The van der Waals surface area contributed by atoms with Crippen molar-refractivity contribution in [2.45, 2.75) is 30.4 Å². The Kier molecular flexibility index (Phi) is 6.06. The molecule has 0 aliphatic carbocycles. The third-order valence-electron chi connectivity index (χ3n) is 4.16. The average Bonchev–Trinajstić information content (AvgIpc) is 3.15. The van der Waals surface area contributed by atoms with E-state index in [2.05, 4.69) is 5.32 Å². The largest absolute Gasteiger partial charge is 0.486 e. The van der Waals surface area contributed by atoms with Crippen molar-refractivity contribution in [1.82, 2.24) is 5.32 Å². The van der Waals surface area contributed by atoms with E-state index in [0.29, 0.717) is 36.0 Å². The second-order valence-corrected chi connectivity index (χ2v) is 9.87. The summed E-state index contributed by atoms with van der Waals surface area (Å²) in [4.78, 5) is 12.9. The first-order chi connectivity index (χ1) is 12.9. The van der Waals surface area contributed by atoms with Gasteiger partial charge in [0.25, 0.3) is 0 Å². The van der Waals surface area contributed by atoms with Crippen LogP contribution in [-0.2, 0) is 14.6 Å². The van der Waals surface area contributed by atoms with Gasteiger partial charge in [-0.05, 0) is 29.5 Å². The summed E-state index contributed by atoms with van der Waals surface area (Å²) in [6.45, 7) is 4.75. The van der Waals surface area contributed by atoms with Crippen molar-refractivity contribution >= 4 is 27.1 Å². The molecule has 1 N–H and O–H groups in total. The molecule has 0 radical (unpaired) electrons. The lowest BCUT2D eigenvalue weighted by Crippen LogP contribution is -2.32. The van der Waals surface area contributed by atoms with Crippen LogP contribution in [0.1, 0.15) is 30.4 Å². The lowest BCUT2D eigenvalue weighted by atomic mass is 10.1. The fourth-order valence-electron chi connectivity index (χ4n) is 2.85. The van der Waals surface area contributed by atoms with Crippen molar-refractivity contribution in [3.05, 3.63) is 40.6 Å². The lowest BCUT2D eigenvalue weighted by Gasteiger charge is -2.21. The van der Waals surface area contributed by atoms with Gasteiger partial charge >= 0.3 is 0 Å². The molecular weight excluding hydrogens is 386 g/mol. The minimum atomic E-state index is -3.72. The molecule has 146 valence electrons. The summed E-state index contributed by atoms with van der Waals surface area (Å²) in [5, 5.41) is 3.75. The van der Waals surface area contributed by atoms with Crippen LogP contribution in [0, 0.1) is 5.92 Å². The zero-order chi connectivity index (χ0) is 19.4. The molecule has 2 heterocycles. The van der Waals surface area contributed by atoms with Gasteiger partial charge in [0.1, 0.15) is 18.5 Å². The summed E-state index contributed by atoms with van der Waals surface area (Å²) in [7, 11) is -3.72. The molecule has 27 heavy (non-hydrogen) atoms. The second-order valence-electron chi connectivity index (χ2n) is 6.76. The molecule has 1 aromatic heterocycles. The Morgan fingerprint density at radius 2 is 1.93 bits per heavy atom. The smallest absolute Gasteiger partial charge is 0.220 e. The summed E-state index contributed by atoms with van der Waals surface area (Å²) < 4.78 is 37.6. The van der Waals surface area contributed by atoms with Crippen LogP contribution in [0.5, 0.6) is 11.5 Å². The number of sulfone groups is 1. The van der Waals surface area contributed by atoms with Gasteiger partial charge in [-0.1, -0.05) is 19.9 Å². The van der Waals surface area contributed by atoms with Crippen molar-refractivity contribution in [2.24, 2.45) is 5.92 Å². The summed E-state index contributed by atoms with van der Waals surface area (Å²) in [6, 6.07) is 8.23. The van der Waals surface area contributed by atoms with Crippen LogP contribution in [0.4, 0.5) is 0 Å². The number of carbonyl (C=O) groups is 1. The van der Waals surface area contributed by atoms with E-state index >= 15 is 0 Å². The Labute approximate surface area is 163 Å². The van der Waals surface area contributed by atoms with Crippen LogP contribution < -0.4 is 14.8 Å². The third-order valence-corrected chi connectivity index (χ3v) is 7.37. The number of benzene rings is 1. The van der Waals surface area contributed by atoms with Gasteiger partial charge in [0.2, 0.25) is 5.91 Å². The minimum Gasteiger partial charge on any atom is -0.486 e. The Morgan fingerprint density at radius 3 is 2.59 bits per heavy atom. The number of nitrogens with one attached hydrogen (secondary N) is 1. The molecule has 8 heteroatoms. The van der Waals surface area contributed by atoms with Gasteiger partial charge in [0.05, 0.1) is 4.90 Å². The number of thiophene rings is 1. The Bertz CT molecular complexity index is 891. The zero-order valence-electron chi connectivity index (χ0n) is 15.3. The van der Waals surface area contributed by atoms with Gasteiger partial charge in [-0.2, -0.15) is 0 Å². The quantitative estimate of drug-likeness (QED) is 0.759. The maximum absolute atomic E-state index is 13.3. The van der Waals surface area contributed by atoms with Gasteiger partial charge in [0, 0.05) is 23.9 Å². The number of hydrogen-bond donors (Lipinski definition) is 1. The molecule has 1 aromatic carbocycles. The zero-order valence-corrected chi connectivity index (χ0v) is 16.9. The molecule has 2 aromatic rings. The van der Waals surface area contributed by atoms with Gasteiger partial charge in [-0.25, -0.2) is 8.42 Å². The number of carbonyl (C=O) groups excluding carboxylic acids is 1. The van der Waals surface area contributed by atoms with Gasteiger partial charge < -0.3 is 14.8 Å². The first-order valence-corrected chi connectivity index (χ1v) is 11.2. The predicted octanol–water partition coefficient (Wildman–Crippen LogP) is 3.20. The number of rotatable bonds is 7. The molecule has 1 aliphatic rings. The molecule has 0 saturated heterocycles. The molecule has 0 bridgehead atoms. The lowest BCUT2D eigenvalue weighted by molar-refractivity contribution is -0.121. The van der Waals surface area contributed by atoms with Gasteiger partial charge in [-0.15, -0.1) is 11.3 Å². The van der Waals surface area contributed by atoms with Crippen molar-refractivity contribution < 1.29 is 22.7 Å². The van der Waals surface area contributed by atoms with Crippen molar-refractivity contribution in [3.8, 4) is 11.5 Å². The summed E-state index contributed by atoms with van der Waals surface area (Å²) in [5.74, 6) is 1.03. The van der Waals surface area contributed by atoms with E-state index in [1.54, 1.807) is 12.1 Å². The first-order valence-electron chi connectivity index (χ1n) is 8.81. The van der Waals surface area contributed by atoms with E-state index in [1.807, 2.05) is 25.3 Å². The van der Waals surface area contributed by atoms with Crippen LogP contribution in [0.3, 0.4) is 0 Å². The molecule has 1 atom stereocenters. The van der Waals surface area contributed by atoms with Crippen LogP contribution in [-0.4, -0.2) is 34.1 Å². The van der Waals surface area contributed by atoms with Crippen molar-refractivity contribution in [3.63, 3.8) is 0 Å². The fourth-order valence-corrected chi connectivity index (χ4v) is 5.65. The highest BCUT2D eigenvalue weighted by Crippen LogP contribution is 2.37. The first kappa shape index (κ1) is 19.7. The molecule has 3 rings (SSSR count). The summed E-state index contributed by atoms with van der Waals surface area (Å²) >= 11 is 1.36. The normalized spacial score (nSPS) is 14.8. The molecule has 0 saturated carbocycles. The maximum atomic E-state index is 13.3. The topological polar surface area (TPSA) is 81.7 Å². The monoisotopic (exact) mass is 409 g/mol. The van der Waals surface area contributed by atoms with Crippen LogP contribution >= 0.6 is 11.3 Å². The fraction of sp³-hybridized carbons (Fsp3) is 0.421. The summed E-state index contributed by atoms with van der Waals surface area (Å²) in [6.07, 6.45) is 0.362. The average molecular weight is 410 g/mol. The molecule has 1 aliphatic heterocycles. The molecule has 0 spiro atoms. The molecule has 1 amide bonds. The molecule has 0 fully saturated rings. The van der Waals surface area contributed by atoms with E-state index in [1.165, 1.54) is 23.5 Å². The van der Waals surface area contributed by atoms with E-state index in [9.17, 15) is 13.2 Å². The van der Waals surface area contributed by atoms with E-state index in [-0.39, 0.29) is 23.3 Å². The predicted molar refractivity (Wildman–Crippen MR) is 104 cm³/mol. The minimum absolute atomic E-state index is 0.0306. The number of hydrogen-bond acceptors (Lipinski definition) is 6. The van der Waals surface area contributed by atoms with E-state index in [4.69, 9.17) is 9.47 Å². The van der Waals surface area contributed by atoms with Crippen molar-refractivity contribution in [2.75, 3.05) is 19.8 Å². The summed E-state index contributed by atoms with van der Waals surface area (Å²) in [5.41, 5.74) is 0. The standard InChI is InChI=1S/C19H23NO5S2/c1-13(2)10-19(21)20-12-18(17-4-3-9-26-17)27(22,23)14-5-6-15-16(11-14)25-8-7-24-15/h3-6,9,11,13,18H,7-8,10,12H2,1-2H3,(H,20,21)/t18-/m1/s1. The van der Waals surface area contributed by atoms with Crippen LogP contribution in [0.15, 0.2) is 40.6 Å². The van der Waals surface area contributed by atoms with Gasteiger partial charge in [-0.3, -0.25) is 4.79 Å². The number of ether oxygens (including phenoxy) is 2. The molecular formula is C19H23NO5S2. The van der Waals surface area contributed by atoms with Crippen molar-refractivity contribution in [1.29, 1.82) is 0 Å².